The van der Waals surface area contributed by atoms with Crippen molar-refractivity contribution in [2.24, 2.45) is 0 Å². The van der Waals surface area contributed by atoms with E-state index in [1.165, 1.54) is 11.3 Å². The third kappa shape index (κ3) is 4.69. The summed E-state index contributed by atoms with van der Waals surface area (Å²) in [6, 6.07) is 10.8. The molecular formula is C16H16ClNO2S. The summed E-state index contributed by atoms with van der Waals surface area (Å²) < 4.78 is 0. The number of carbonyl (C=O) groups excluding carboxylic acids is 2. The molecule has 0 fully saturated rings. The van der Waals surface area contributed by atoms with Crippen molar-refractivity contribution in [3.8, 4) is 0 Å². The Kier molecular flexibility index (Phi) is 5.53. The zero-order valence-corrected chi connectivity index (χ0v) is 13.2. The van der Waals surface area contributed by atoms with Crippen molar-refractivity contribution in [2.45, 2.75) is 25.8 Å². The number of thiophene rings is 1. The standard InChI is InChI=1S/C16H16ClNO2S/c1-11(12-4-6-13(17)7-5-12)18-16(20)9-8-14(19)15-3-2-10-21-15/h2-7,10-11H,8-9H2,1H3,(H,18,20)/t11-/m1/s1. The Morgan fingerprint density at radius 1 is 1.19 bits per heavy atom. The summed E-state index contributed by atoms with van der Waals surface area (Å²) in [5.41, 5.74) is 0.984. The van der Waals surface area contributed by atoms with Gasteiger partial charge in [-0.3, -0.25) is 9.59 Å². The predicted octanol–water partition coefficient (Wildman–Crippen LogP) is 4.24. The smallest absolute Gasteiger partial charge is 0.220 e. The van der Waals surface area contributed by atoms with Gasteiger partial charge in [-0.05, 0) is 36.1 Å². The van der Waals surface area contributed by atoms with Crippen LogP contribution in [0.15, 0.2) is 41.8 Å². The summed E-state index contributed by atoms with van der Waals surface area (Å²) in [6.07, 6.45) is 0.439. The monoisotopic (exact) mass is 321 g/mol. The van der Waals surface area contributed by atoms with Crippen LogP contribution >= 0.6 is 22.9 Å². The molecular weight excluding hydrogens is 306 g/mol. The van der Waals surface area contributed by atoms with Crippen molar-refractivity contribution in [1.82, 2.24) is 5.32 Å². The van der Waals surface area contributed by atoms with Gasteiger partial charge >= 0.3 is 0 Å². The van der Waals surface area contributed by atoms with Crippen LogP contribution in [-0.2, 0) is 4.79 Å². The van der Waals surface area contributed by atoms with Crippen molar-refractivity contribution < 1.29 is 9.59 Å². The van der Waals surface area contributed by atoms with Gasteiger partial charge in [-0.2, -0.15) is 0 Å². The molecule has 1 heterocycles. The topological polar surface area (TPSA) is 46.2 Å². The van der Waals surface area contributed by atoms with Gasteiger partial charge in [0.15, 0.2) is 5.78 Å². The van der Waals surface area contributed by atoms with Crippen molar-refractivity contribution in [3.63, 3.8) is 0 Å². The molecule has 21 heavy (non-hydrogen) atoms. The predicted molar refractivity (Wildman–Crippen MR) is 85.9 cm³/mol. The third-order valence-electron chi connectivity index (χ3n) is 3.12. The molecule has 0 aliphatic heterocycles. The molecule has 0 saturated carbocycles. The number of Topliss-reactive ketones (excluding diaryl/α,β-unsaturated/α-hetero) is 1. The highest BCUT2D eigenvalue weighted by Gasteiger charge is 2.13. The van der Waals surface area contributed by atoms with Crippen LogP contribution in [0.3, 0.4) is 0 Å². The highest BCUT2D eigenvalue weighted by atomic mass is 35.5. The van der Waals surface area contributed by atoms with E-state index in [1.807, 2.05) is 30.5 Å². The highest BCUT2D eigenvalue weighted by molar-refractivity contribution is 7.12. The number of ketones is 1. The van der Waals surface area contributed by atoms with E-state index in [1.54, 1.807) is 18.2 Å². The molecule has 1 N–H and O–H groups in total. The average molecular weight is 322 g/mol. The van der Waals surface area contributed by atoms with Gasteiger partial charge in [0.05, 0.1) is 10.9 Å². The largest absolute Gasteiger partial charge is 0.350 e. The number of carbonyl (C=O) groups is 2. The second-order valence-electron chi connectivity index (χ2n) is 4.74. The zero-order valence-electron chi connectivity index (χ0n) is 11.6. The van der Waals surface area contributed by atoms with Crippen LogP contribution in [0, 0.1) is 0 Å². The Balaban J connectivity index is 1.81. The molecule has 5 heteroatoms. The molecule has 3 nitrogen and oxygen atoms in total. The van der Waals surface area contributed by atoms with Gasteiger partial charge in [-0.15, -0.1) is 11.3 Å². The fraction of sp³-hybridized carbons (Fsp3) is 0.250. The van der Waals surface area contributed by atoms with Crippen LogP contribution in [-0.4, -0.2) is 11.7 Å². The lowest BCUT2D eigenvalue weighted by molar-refractivity contribution is -0.121. The number of hydrogen-bond acceptors (Lipinski definition) is 3. The first-order chi connectivity index (χ1) is 10.1. The molecule has 2 rings (SSSR count). The number of hydrogen-bond donors (Lipinski definition) is 1. The number of halogens is 1. The molecule has 0 spiro atoms. The lowest BCUT2D eigenvalue weighted by Gasteiger charge is -2.14. The fourth-order valence-electron chi connectivity index (χ4n) is 1.94. The van der Waals surface area contributed by atoms with Gasteiger partial charge in [-0.1, -0.05) is 29.8 Å². The Morgan fingerprint density at radius 2 is 1.90 bits per heavy atom. The summed E-state index contributed by atoms with van der Waals surface area (Å²) in [4.78, 5) is 24.4. The van der Waals surface area contributed by atoms with E-state index >= 15 is 0 Å². The van der Waals surface area contributed by atoms with Crippen molar-refractivity contribution in [1.29, 1.82) is 0 Å². The molecule has 1 atom stereocenters. The number of benzene rings is 1. The Labute approximate surface area is 132 Å². The minimum atomic E-state index is -0.123. The van der Waals surface area contributed by atoms with Gasteiger partial charge in [0, 0.05) is 17.9 Å². The van der Waals surface area contributed by atoms with Gasteiger partial charge < -0.3 is 5.32 Å². The number of nitrogens with one attached hydrogen (secondary N) is 1. The van der Waals surface area contributed by atoms with E-state index in [4.69, 9.17) is 11.6 Å². The van der Waals surface area contributed by atoms with Crippen molar-refractivity contribution in [2.75, 3.05) is 0 Å². The molecule has 0 bridgehead atoms. The second kappa shape index (κ2) is 7.38. The van der Waals surface area contributed by atoms with Crippen molar-refractivity contribution in [3.05, 3.63) is 57.2 Å². The van der Waals surface area contributed by atoms with Crippen LogP contribution in [0.1, 0.15) is 41.0 Å². The molecule has 0 aliphatic carbocycles. The zero-order chi connectivity index (χ0) is 15.2. The minimum absolute atomic E-state index is 0.0132. The SMILES string of the molecule is C[C@@H](NC(=O)CCC(=O)c1cccs1)c1ccc(Cl)cc1. The van der Waals surface area contributed by atoms with Gasteiger partial charge in [0.2, 0.25) is 5.91 Å². The molecule has 110 valence electrons. The Hall–Kier alpha value is -1.65. The van der Waals surface area contributed by atoms with E-state index in [9.17, 15) is 9.59 Å². The lowest BCUT2D eigenvalue weighted by atomic mass is 10.1. The summed E-state index contributed by atoms with van der Waals surface area (Å²) >= 11 is 7.23. The molecule has 2 aromatic rings. The molecule has 0 saturated heterocycles. The summed E-state index contributed by atoms with van der Waals surface area (Å²) in [6.45, 7) is 1.90. The van der Waals surface area contributed by atoms with E-state index < -0.39 is 0 Å². The number of rotatable bonds is 6. The Morgan fingerprint density at radius 3 is 2.52 bits per heavy atom. The first kappa shape index (κ1) is 15.7. The fourth-order valence-corrected chi connectivity index (χ4v) is 2.76. The highest BCUT2D eigenvalue weighted by Crippen LogP contribution is 2.17. The first-order valence-electron chi connectivity index (χ1n) is 6.68. The Bertz CT molecular complexity index is 608. The normalized spacial score (nSPS) is 11.9. The molecule has 0 radical (unpaired) electrons. The molecule has 0 aliphatic rings. The van der Waals surface area contributed by atoms with Crippen LogP contribution < -0.4 is 5.32 Å². The van der Waals surface area contributed by atoms with Crippen LogP contribution in [0.25, 0.3) is 0 Å². The quantitative estimate of drug-likeness (QED) is 0.809. The summed E-state index contributed by atoms with van der Waals surface area (Å²) in [5, 5.41) is 5.41. The number of amides is 1. The van der Waals surface area contributed by atoms with Gasteiger partial charge in [-0.25, -0.2) is 0 Å². The maximum atomic E-state index is 11.9. The maximum Gasteiger partial charge on any atom is 0.220 e. The van der Waals surface area contributed by atoms with Crippen LogP contribution in [0.5, 0.6) is 0 Å². The maximum absolute atomic E-state index is 11.9. The van der Waals surface area contributed by atoms with E-state index in [0.29, 0.717) is 9.90 Å². The minimum Gasteiger partial charge on any atom is -0.350 e. The van der Waals surface area contributed by atoms with Gasteiger partial charge in [0.25, 0.3) is 0 Å². The van der Waals surface area contributed by atoms with E-state index in [-0.39, 0.29) is 30.6 Å². The van der Waals surface area contributed by atoms with Crippen molar-refractivity contribution >= 4 is 34.6 Å². The molecule has 1 aromatic carbocycles. The van der Waals surface area contributed by atoms with Crippen LogP contribution in [0.4, 0.5) is 0 Å². The summed E-state index contributed by atoms with van der Waals surface area (Å²) in [5.74, 6) is -0.110. The molecule has 0 unspecified atom stereocenters. The lowest BCUT2D eigenvalue weighted by Crippen LogP contribution is -2.26. The molecule has 1 amide bonds. The summed E-state index contributed by atoms with van der Waals surface area (Å²) in [7, 11) is 0. The average Bonchev–Trinajstić information content (AvgIpc) is 2.99. The van der Waals surface area contributed by atoms with Gasteiger partial charge in [0.1, 0.15) is 0 Å². The second-order valence-corrected chi connectivity index (χ2v) is 6.13. The van der Waals surface area contributed by atoms with E-state index in [2.05, 4.69) is 5.32 Å². The van der Waals surface area contributed by atoms with Crippen LogP contribution in [0.2, 0.25) is 5.02 Å². The molecule has 1 aromatic heterocycles. The third-order valence-corrected chi connectivity index (χ3v) is 4.29. The first-order valence-corrected chi connectivity index (χ1v) is 7.93. The van der Waals surface area contributed by atoms with E-state index in [0.717, 1.165) is 5.56 Å².